The number of carbonyl (C=O) groups excluding carboxylic acids is 2. The van der Waals surface area contributed by atoms with Crippen LogP contribution in [0.5, 0.6) is 5.75 Å². The fourth-order valence-electron chi connectivity index (χ4n) is 5.55. The Hall–Kier alpha value is -3.63. The van der Waals surface area contributed by atoms with E-state index in [1.165, 1.54) is 19.2 Å². The lowest BCUT2D eigenvalue weighted by Gasteiger charge is -2.38. The zero-order valence-corrected chi connectivity index (χ0v) is 21.0. The van der Waals surface area contributed by atoms with E-state index < -0.39 is 11.8 Å². The topological polar surface area (TPSA) is 97.4 Å². The van der Waals surface area contributed by atoms with Gasteiger partial charge in [0, 0.05) is 31.3 Å². The lowest BCUT2D eigenvalue weighted by atomic mass is 9.66. The van der Waals surface area contributed by atoms with E-state index >= 15 is 0 Å². The Kier molecular flexibility index (Phi) is 7.02. The molecule has 0 bridgehead atoms. The van der Waals surface area contributed by atoms with E-state index in [1.54, 1.807) is 11.1 Å². The van der Waals surface area contributed by atoms with Gasteiger partial charge < -0.3 is 19.4 Å². The highest BCUT2D eigenvalue weighted by Gasteiger charge is 2.44. The summed E-state index contributed by atoms with van der Waals surface area (Å²) in [6.07, 6.45) is 2.46. The number of amides is 1. The molecule has 2 fully saturated rings. The number of imidazole rings is 1. The number of benzene rings is 1. The van der Waals surface area contributed by atoms with E-state index in [4.69, 9.17) is 4.74 Å². The Morgan fingerprint density at radius 1 is 1.13 bits per heavy atom. The number of likely N-dealkylation sites (tertiary alicyclic amines) is 1. The van der Waals surface area contributed by atoms with Crippen molar-refractivity contribution in [2.24, 2.45) is 5.41 Å². The summed E-state index contributed by atoms with van der Waals surface area (Å²) in [5, 5.41) is 0. The summed E-state index contributed by atoms with van der Waals surface area (Å²) >= 11 is 0. The summed E-state index contributed by atoms with van der Waals surface area (Å²) in [7, 11) is 1.43. The number of esters is 1. The maximum atomic E-state index is 12.9. The van der Waals surface area contributed by atoms with Crippen LogP contribution in [0.15, 0.2) is 36.5 Å². The average Bonchev–Trinajstić information content (AvgIpc) is 3.30. The number of hydrogen-bond acceptors (Lipinski definition) is 6. The predicted molar refractivity (Wildman–Crippen MR) is 132 cm³/mol. The number of hydrogen-bond donors (Lipinski definition) is 1. The van der Waals surface area contributed by atoms with Gasteiger partial charge in [0.25, 0.3) is 5.91 Å². The molecule has 5 rings (SSSR count). The maximum absolute atomic E-state index is 12.9. The van der Waals surface area contributed by atoms with Crippen LogP contribution in [0.2, 0.25) is 0 Å². The molecule has 38 heavy (non-hydrogen) atoms. The fourth-order valence-corrected chi connectivity index (χ4v) is 5.55. The first-order chi connectivity index (χ1) is 18.2. The molecule has 8 nitrogen and oxygen atoms in total. The second kappa shape index (κ2) is 10.3. The molecule has 0 atom stereocenters. The van der Waals surface area contributed by atoms with E-state index in [0.29, 0.717) is 37.1 Å². The van der Waals surface area contributed by atoms with Crippen LogP contribution in [0.3, 0.4) is 0 Å². The lowest BCUT2D eigenvalue weighted by molar-refractivity contribution is -0.274. The third-order valence-electron chi connectivity index (χ3n) is 7.80. The minimum Gasteiger partial charge on any atom is -0.469 e. The number of aromatic nitrogens is 3. The molecule has 11 heteroatoms. The number of rotatable bonds is 7. The van der Waals surface area contributed by atoms with Gasteiger partial charge in [0.15, 0.2) is 5.65 Å². The SMILES string of the molecule is COC(=O)C1(CCc2nc3nccc(C4CCN(C(=O)c5ccc(OC(F)(F)F)cc5)CC4)c3[nH]2)CCC1. The van der Waals surface area contributed by atoms with Crippen LogP contribution in [-0.4, -0.2) is 58.3 Å². The van der Waals surface area contributed by atoms with E-state index in [9.17, 15) is 22.8 Å². The monoisotopic (exact) mass is 530 g/mol. The number of nitrogens with one attached hydrogen (secondary N) is 1. The molecule has 1 N–H and O–H groups in total. The molecule has 1 aromatic carbocycles. The first-order valence-electron chi connectivity index (χ1n) is 12.7. The average molecular weight is 531 g/mol. The molecule has 3 heterocycles. The molecule has 1 aliphatic carbocycles. The van der Waals surface area contributed by atoms with Crippen LogP contribution in [0.1, 0.15) is 66.2 Å². The van der Waals surface area contributed by atoms with Crippen molar-refractivity contribution in [2.45, 2.75) is 57.2 Å². The Labute approximate surface area is 217 Å². The molecule has 0 radical (unpaired) electrons. The normalized spacial score (nSPS) is 17.7. The molecule has 1 saturated carbocycles. The molecule has 0 unspecified atom stereocenters. The number of fused-ring (bicyclic) bond motifs is 1. The fraction of sp³-hybridized carbons (Fsp3) is 0.481. The number of carbonyl (C=O) groups is 2. The quantitative estimate of drug-likeness (QED) is 0.424. The molecule has 1 amide bonds. The third-order valence-corrected chi connectivity index (χ3v) is 7.80. The zero-order valence-electron chi connectivity index (χ0n) is 21.0. The Bertz CT molecular complexity index is 1310. The van der Waals surface area contributed by atoms with Gasteiger partial charge in [-0.05, 0) is 73.9 Å². The highest BCUT2D eigenvalue weighted by molar-refractivity contribution is 5.94. The van der Waals surface area contributed by atoms with Crippen molar-refractivity contribution in [1.82, 2.24) is 19.9 Å². The largest absolute Gasteiger partial charge is 0.573 e. The zero-order chi connectivity index (χ0) is 26.9. The molecular formula is C27H29F3N4O4. The standard InChI is InChI=1S/C27H29F3N4O4/c1-37-25(36)26(11-2-12-26)13-7-21-32-22-20(8-14-31-23(22)33-21)17-9-15-34(16-10-17)24(35)18-3-5-19(6-4-18)38-27(28,29)30/h3-6,8,14,17H,2,7,9-13,15-16H2,1H3,(H,31,32,33). The molecule has 1 saturated heterocycles. The van der Waals surface area contributed by atoms with Gasteiger partial charge in [0.2, 0.25) is 0 Å². The number of pyridine rings is 1. The van der Waals surface area contributed by atoms with E-state index in [0.717, 1.165) is 61.1 Å². The van der Waals surface area contributed by atoms with Crippen LogP contribution in [-0.2, 0) is 16.0 Å². The van der Waals surface area contributed by atoms with Crippen molar-refractivity contribution in [3.05, 3.63) is 53.5 Å². The Morgan fingerprint density at radius 3 is 2.45 bits per heavy atom. The highest BCUT2D eigenvalue weighted by atomic mass is 19.4. The number of aromatic amines is 1. The number of halogens is 3. The van der Waals surface area contributed by atoms with Crippen molar-refractivity contribution in [1.29, 1.82) is 0 Å². The third kappa shape index (κ3) is 5.32. The summed E-state index contributed by atoms with van der Waals surface area (Å²) in [6.45, 7) is 1.05. The number of aryl methyl sites for hydroxylation is 1. The van der Waals surface area contributed by atoms with E-state index in [-0.39, 0.29) is 23.5 Å². The van der Waals surface area contributed by atoms with Gasteiger partial charge in [-0.2, -0.15) is 0 Å². The van der Waals surface area contributed by atoms with Crippen molar-refractivity contribution < 1.29 is 32.2 Å². The van der Waals surface area contributed by atoms with Crippen molar-refractivity contribution in [3.8, 4) is 5.75 Å². The molecule has 202 valence electrons. The first-order valence-corrected chi connectivity index (χ1v) is 12.7. The summed E-state index contributed by atoms with van der Waals surface area (Å²) < 4.78 is 46.1. The molecule has 2 aromatic heterocycles. The molecule has 3 aromatic rings. The summed E-state index contributed by atoms with van der Waals surface area (Å²) in [5.74, 6) is 0.266. The van der Waals surface area contributed by atoms with Gasteiger partial charge in [-0.1, -0.05) is 6.42 Å². The number of methoxy groups -OCH3 is 1. The van der Waals surface area contributed by atoms with Gasteiger partial charge in [-0.3, -0.25) is 9.59 Å². The number of alkyl halides is 3. The van der Waals surface area contributed by atoms with Crippen LogP contribution in [0, 0.1) is 5.41 Å². The van der Waals surface area contributed by atoms with E-state index in [1.807, 2.05) is 6.07 Å². The predicted octanol–water partition coefficient (Wildman–Crippen LogP) is 5.15. The number of ether oxygens (including phenoxy) is 2. The summed E-state index contributed by atoms with van der Waals surface area (Å²) in [6, 6.07) is 6.97. The lowest BCUT2D eigenvalue weighted by Crippen LogP contribution is -2.39. The number of nitrogens with zero attached hydrogens (tertiary/aromatic N) is 3. The van der Waals surface area contributed by atoms with E-state index in [2.05, 4.69) is 19.7 Å². The van der Waals surface area contributed by atoms with Crippen LogP contribution >= 0.6 is 0 Å². The second-order valence-electron chi connectivity index (χ2n) is 10.0. The van der Waals surface area contributed by atoms with Crippen molar-refractivity contribution in [2.75, 3.05) is 20.2 Å². The highest BCUT2D eigenvalue weighted by Crippen LogP contribution is 2.45. The molecule has 1 aliphatic heterocycles. The van der Waals surface area contributed by atoms with Crippen LogP contribution in [0.4, 0.5) is 13.2 Å². The smallest absolute Gasteiger partial charge is 0.469 e. The summed E-state index contributed by atoms with van der Waals surface area (Å²) in [5.41, 5.74) is 2.53. The Morgan fingerprint density at radius 2 is 1.84 bits per heavy atom. The van der Waals surface area contributed by atoms with Crippen molar-refractivity contribution in [3.63, 3.8) is 0 Å². The number of H-pyrrole nitrogens is 1. The van der Waals surface area contributed by atoms with Gasteiger partial charge in [0.05, 0.1) is 18.0 Å². The summed E-state index contributed by atoms with van der Waals surface area (Å²) in [4.78, 5) is 39.4. The minimum absolute atomic E-state index is 0.148. The van der Waals surface area contributed by atoms with Crippen LogP contribution < -0.4 is 4.74 Å². The minimum atomic E-state index is -4.77. The molecule has 2 aliphatic rings. The molecular weight excluding hydrogens is 501 g/mol. The maximum Gasteiger partial charge on any atom is 0.573 e. The van der Waals surface area contributed by atoms with Crippen LogP contribution in [0.25, 0.3) is 11.2 Å². The molecule has 0 spiro atoms. The second-order valence-corrected chi connectivity index (χ2v) is 10.0. The first kappa shape index (κ1) is 26.0. The number of piperidine rings is 1. The van der Waals surface area contributed by atoms with Crippen molar-refractivity contribution >= 4 is 23.0 Å². The van der Waals surface area contributed by atoms with Gasteiger partial charge in [-0.25, -0.2) is 9.97 Å². The Balaban J connectivity index is 1.22. The van der Waals surface area contributed by atoms with Gasteiger partial charge in [0.1, 0.15) is 11.6 Å². The van der Waals surface area contributed by atoms with Gasteiger partial charge >= 0.3 is 12.3 Å². The van der Waals surface area contributed by atoms with Gasteiger partial charge in [-0.15, -0.1) is 13.2 Å².